The predicted molar refractivity (Wildman–Crippen MR) is 125 cm³/mol. The maximum absolute atomic E-state index is 13.0. The van der Waals surface area contributed by atoms with Crippen molar-refractivity contribution in [3.63, 3.8) is 0 Å². The van der Waals surface area contributed by atoms with Crippen molar-refractivity contribution in [2.75, 3.05) is 0 Å². The Balaban J connectivity index is 2.73. The largest absolute Gasteiger partial charge is 0.507 e. The molecule has 154 valence electrons. The minimum Gasteiger partial charge on any atom is -0.507 e. The van der Waals surface area contributed by atoms with Gasteiger partial charge in [0.25, 0.3) is 0 Å². The van der Waals surface area contributed by atoms with E-state index in [2.05, 4.69) is 22.6 Å². The Labute approximate surface area is 187 Å². The lowest BCUT2D eigenvalue weighted by molar-refractivity contribution is 0.423. The van der Waals surface area contributed by atoms with Crippen LogP contribution in [0.3, 0.4) is 0 Å². The first-order valence-corrected chi connectivity index (χ1v) is 11.7. The molecule has 0 heterocycles. The van der Waals surface area contributed by atoms with Gasteiger partial charge in [0.2, 0.25) is 9.84 Å². The summed E-state index contributed by atoms with van der Waals surface area (Å²) in [6.45, 7) is 11.9. The zero-order valence-corrected chi connectivity index (χ0v) is 20.5. The first-order chi connectivity index (χ1) is 13.2. The number of hydrogen-bond donors (Lipinski definition) is 1. The molecule has 0 aromatic heterocycles. The average Bonchev–Trinajstić information content (AvgIpc) is 2.58. The maximum atomic E-state index is 13.0. The number of nitriles is 1. The molecule has 4 nitrogen and oxygen atoms in total. The summed E-state index contributed by atoms with van der Waals surface area (Å²) in [5.74, 6) is 0.209. The van der Waals surface area contributed by atoms with Gasteiger partial charge in [0.1, 0.15) is 16.7 Å². The van der Waals surface area contributed by atoms with E-state index in [-0.39, 0.29) is 26.4 Å². The number of nitrogens with zero attached hydrogens (tertiary/aromatic N) is 1. The lowest BCUT2D eigenvalue weighted by atomic mass is 9.78. The van der Waals surface area contributed by atoms with E-state index < -0.39 is 9.84 Å². The summed E-state index contributed by atoms with van der Waals surface area (Å²) in [7, 11) is -3.94. The molecule has 0 saturated heterocycles. The summed E-state index contributed by atoms with van der Waals surface area (Å²) in [5.41, 5.74) is 1.29. The molecular formula is C23H26INO3S. The second kappa shape index (κ2) is 8.11. The molecule has 2 aromatic carbocycles. The van der Waals surface area contributed by atoms with Crippen LogP contribution in [0.2, 0.25) is 0 Å². The van der Waals surface area contributed by atoms with Crippen molar-refractivity contribution >= 4 is 38.5 Å². The molecule has 6 heteroatoms. The average molecular weight is 523 g/mol. The fourth-order valence-corrected chi connectivity index (χ4v) is 4.46. The molecule has 0 radical (unpaired) electrons. The molecule has 0 aliphatic rings. The normalized spacial score (nSPS) is 13.2. The van der Waals surface area contributed by atoms with E-state index in [0.717, 1.165) is 3.57 Å². The summed E-state index contributed by atoms with van der Waals surface area (Å²) >= 11 is 2.10. The quantitative estimate of drug-likeness (QED) is 0.400. The van der Waals surface area contributed by atoms with Crippen molar-refractivity contribution in [1.29, 1.82) is 5.26 Å². The fourth-order valence-electron chi connectivity index (χ4n) is 2.95. The van der Waals surface area contributed by atoms with Gasteiger partial charge in [0.15, 0.2) is 0 Å². The molecule has 0 fully saturated rings. The van der Waals surface area contributed by atoms with Crippen molar-refractivity contribution in [2.24, 2.45) is 0 Å². The summed E-state index contributed by atoms with van der Waals surface area (Å²) in [6.07, 6.45) is 1.39. The van der Waals surface area contributed by atoms with Gasteiger partial charge in [-0.3, -0.25) is 0 Å². The van der Waals surface area contributed by atoms with Crippen LogP contribution in [0.5, 0.6) is 5.75 Å². The number of allylic oxidation sites excluding steroid dienone is 1. The molecule has 0 spiro atoms. The van der Waals surface area contributed by atoms with Crippen LogP contribution in [-0.2, 0) is 20.7 Å². The molecule has 0 atom stereocenters. The molecule has 0 amide bonds. The Morgan fingerprint density at radius 1 is 1.00 bits per heavy atom. The van der Waals surface area contributed by atoms with Crippen molar-refractivity contribution < 1.29 is 13.5 Å². The Morgan fingerprint density at radius 2 is 1.45 bits per heavy atom. The van der Waals surface area contributed by atoms with Crippen LogP contribution in [0.4, 0.5) is 0 Å². The summed E-state index contributed by atoms with van der Waals surface area (Å²) < 4.78 is 26.8. The fraction of sp³-hybridized carbons (Fsp3) is 0.348. The number of phenols is 1. The van der Waals surface area contributed by atoms with E-state index in [4.69, 9.17) is 0 Å². The Morgan fingerprint density at radius 3 is 1.83 bits per heavy atom. The number of aromatic hydroxyl groups is 1. The molecule has 0 aliphatic heterocycles. The monoisotopic (exact) mass is 523 g/mol. The van der Waals surface area contributed by atoms with Gasteiger partial charge in [-0.25, -0.2) is 8.42 Å². The van der Waals surface area contributed by atoms with Crippen LogP contribution in [0, 0.1) is 14.9 Å². The predicted octanol–water partition coefficient (Wildman–Crippen LogP) is 5.93. The molecule has 0 saturated carbocycles. The topological polar surface area (TPSA) is 78.2 Å². The third-order valence-corrected chi connectivity index (χ3v) is 6.97. The number of sulfone groups is 1. The van der Waals surface area contributed by atoms with Crippen LogP contribution in [0.25, 0.3) is 6.08 Å². The standard InChI is InChI=1S/C23H26INO3S/c1-22(2,3)19-12-15(13-20(21(19)26)23(4,5)6)11-18(14-25)29(27,28)17-9-7-16(24)8-10-17/h7-13,26H,1-6H3/b18-11-. The second-order valence-electron chi connectivity index (χ2n) is 9.04. The first-order valence-electron chi connectivity index (χ1n) is 9.18. The van der Waals surface area contributed by atoms with Gasteiger partial charge in [-0.15, -0.1) is 0 Å². The SMILES string of the molecule is CC(C)(C)c1cc(/C=C(/C#N)S(=O)(=O)c2ccc(I)cc2)cc(C(C)(C)C)c1O. The van der Waals surface area contributed by atoms with Crippen molar-refractivity contribution in [3.8, 4) is 11.8 Å². The van der Waals surface area contributed by atoms with E-state index in [9.17, 15) is 18.8 Å². The molecular weight excluding hydrogens is 497 g/mol. The minimum absolute atomic E-state index is 0.0802. The highest BCUT2D eigenvalue weighted by Crippen LogP contribution is 2.40. The summed E-state index contributed by atoms with van der Waals surface area (Å²) in [5, 5.41) is 20.4. The van der Waals surface area contributed by atoms with Gasteiger partial charge in [-0.1, -0.05) is 41.5 Å². The van der Waals surface area contributed by atoms with Crippen LogP contribution < -0.4 is 0 Å². The zero-order valence-electron chi connectivity index (χ0n) is 17.5. The number of rotatable bonds is 3. The molecule has 2 aromatic rings. The van der Waals surface area contributed by atoms with E-state index in [1.165, 1.54) is 18.2 Å². The van der Waals surface area contributed by atoms with E-state index in [1.54, 1.807) is 24.3 Å². The number of hydrogen-bond acceptors (Lipinski definition) is 4. The third-order valence-electron chi connectivity index (χ3n) is 4.57. The van der Waals surface area contributed by atoms with Crippen molar-refractivity contribution in [2.45, 2.75) is 57.3 Å². The number of halogens is 1. The molecule has 0 bridgehead atoms. The maximum Gasteiger partial charge on any atom is 0.216 e. The van der Waals surface area contributed by atoms with Gasteiger partial charge in [-0.05, 0) is 81.5 Å². The van der Waals surface area contributed by atoms with Crippen LogP contribution in [0.15, 0.2) is 46.2 Å². The lowest BCUT2D eigenvalue weighted by Gasteiger charge is -2.28. The van der Waals surface area contributed by atoms with Crippen LogP contribution in [-0.4, -0.2) is 13.5 Å². The van der Waals surface area contributed by atoms with Crippen LogP contribution in [0.1, 0.15) is 58.2 Å². The zero-order chi connectivity index (χ0) is 22.2. The molecule has 2 rings (SSSR count). The Kier molecular flexibility index (Phi) is 6.56. The smallest absolute Gasteiger partial charge is 0.216 e. The lowest BCUT2D eigenvalue weighted by Crippen LogP contribution is -2.17. The van der Waals surface area contributed by atoms with Gasteiger partial charge in [0.05, 0.1) is 4.90 Å². The highest BCUT2D eigenvalue weighted by Gasteiger charge is 2.27. The Hall–Kier alpha value is -1.85. The van der Waals surface area contributed by atoms with E-state index >= 15 is 0 Å². The molecule has 29 heavy (non-hydrogen) atoms. The van der Waals surface area contributed by atoms with Gasteiger partial charge >= 0.3 is 0 Å². The third kappa shape index (κ3) is 5.20. The highest BCUT2D eigenvalue weighted by atomic mass is 127. The Bertz CT molecular complexity index is 1060. The summed E-state index contributed by atoms with van der Waals surface area (Å²) in [4.78, 5) is -0.249. The van der Waals surface area contributed by atoms with Crippen LogP contribution >= 0.6 is 22.6 Å². The minimum atomic E-state index is -3.94. The second-order valence-corrected chi connectivity index (χ2v) is 12.2. The molecule has 1 N–H and O–H groups in total. The van der Waals surface area contributed by atoms with Gasteiger partial charge < -0.3 is 5.11 Å². The first kappa shape index (κ1) is 23.4. The van der Waals surface area contributed by atoms with E-state index in [0.29, 0.717) is 16.7 Å². The van der Waals surface area contributed by atoms with Crippen molar-refractivity contribution in [1.82, 2.24) is 0 Å². The highest BCUT2D eigenvalue weighted by molar-refractivity contribution is 14.1. The summed E-state index contributed by atoms with van der Waals surface area (Å²) in [6, 6.07) is 11.7. The van der Waals surface area contributed by atoms with Crippen molar-refractivity contribution in [3.05, 3.63) is 61.6 Å². The molecule has 0 aliphatic carbocycles. The molecule has 0 unspecified atom stereocenters. The van der Waals surface area contributed by atoms with Gasteiger partial charge in [-0.2, -0.15) is 5.26 Å². The van der Waals surface area contributed by atoms with Gasteiger partial charge in [0, 0.05) is 14.7 Å². The van der Waals surface area contributed by atoms with E-state index in [1.807, 2.05) is 47.6 Å². The number of phenolic OH excluding ortho intramolecular Hbond substituents is 1. The number of benzene rings is 2.